The zero-order valence-electron chi connectivity index (χ0n) is 12.0. The van der Waals surface area contributed by atoms with Gasteiger partial charge in [-0.05, 0) is 33.8 Å². The minimum absolute atomic E-state index is 0.181. The van der Waals surface area contributed by atoms with Gasteiger partial charge in [0.2, 0.25) is 5.91 Å². The van der Waals surface area contributed by atoms with Crippen molar-refractivity contribution in [3.8, 4) is 0 Å². The number of amides is 2. The van der Waals surface area contributed by atoms with Crippen LogP contribution in [0, 0.1) is 0 Å². The van der Waals surface area contributed by atoms with Gasteiger partial charge in [0.15, 0.2) is 0 Å². The molecule has 4 N–H and O–H groups in total. The number of halogens is 1. The molecule has 6 nitrogen and oxygen atoms in total. The lowest BCUT2D eigenvalue weighted by atomic mass is 10.1. The van der Waals surface area contributed by atoms with E-state index in [1.54, 1.807) is 6.92 Å². The average molecular weight is 299 g/mol. The lowest BCUT2D eigenvalue weighted by molar-refractivity contribution is -0.124. The summed E-state index contributed by atoms with van der Waals surface area (Å²) in [6, 6.07) is 0.679. The lowest BCUT2D eigenvalue weighted by Gasteiger charge is -2.23. The molecule has 0 aliphatic carbocycles. The second-order valence-corrected chi connectivity index (χ2v) is 5.93. The predicted molar refractivity (Wildman–Crippen MR) is 78.5 cm³/mol. The normalized spacial score (nSPS) is 12.7. The molecule has 2 amide bonds. The highest BCUT2D eigenvalue weighted by molar-refractivity contribution is 6.33. The Morgan fingerprint density at radius 1 is 1.40 bits per heavy atom. The number of anilines is 1. The van der Waals surface area contributed by atoms with Crippen molar-refractivity contribution >= 4 is 29.2 Å². The van der Waals surface area contributed by atoms with Gasteiger partial charge >= 0.3 is 0 Å². The molecule has 0 aliphatic rings. The van der Waals surface area contributed by atoms with Crippen LogP contribution in [0.3, 0.4) is 0 Å². The van der Waals surface area contributed by atoms with Gasteiger partial charge in [0, 0.05) is 11.7 Å². The van der Waals surface area contributed by atoms with Gasteiger partial charge in [-0.2, -0.15) is 0 Å². The van der Waals surface area contributed by atoms with E-state index in [0.717, 1.165) is 0 Å². The van der Waals surface area contributed by atoms with Crippen LogP contribution < -0.4 is 16.4 Å². The number of carbonyl (C=O) groups is 2. The van der Waals surface area contributed by atoms with Crippen LogP contribution in [-0.2, 0) is 4.79 Å². The van der Waals surface area contributed by atoms with E-state index in [-0.39, 0.29) is 27.9 Å². The Kier molecular flexibility index (Phi) is 4.94. The molecule has 1 unspecified atom stereocenters. The maximum atomic E-state index is 12.0. The van der Waals surface area contributed by atoms with Crippen LogP contribution in [0.1, 0.15) is 38.1 Å². The molecule has 0 fully saturated rings. The summed E-state index contributed by atoms with van der Waals surface area (Å²) in [6.07, 6.45) is 1.30. The van der Waals surface area contributed by atoms with Crippen LogP contribution in [0.5, 0.6) is 0 Å². The Balaban J connectivity index is 2.75. The van der Waals surface area contributed by atoms with Crippen molar-refractivity contribution in [2.45, 2.75) is 39.3 Å². The Morgan fingerprint density at radius 2 is 2.00 bits per heavy atom. The van der Waals surface area contributed by atoms with E-state index in [1.165, 1.54) is 12.3 Å². The Labute approximate surface area is 123 Å². The van der Waals surface area contributed by atoms with Crippen molar-refractivity contribution in [1.82, 2.24) is 15.6 Å². The summed E-state index contributed by atoms with van der Waals surface area (Å²) < 4.78 is 0. The first-order valence-corrected chi connectivity index (χ1v) is 6.52. The fourth-order valence-electron chi connectivity index (χ4n) is 1.45. The number of carbonyl (C=O) groups excluding carboxylic acids is 2. The van der Waals surface area contributed by atoms with Crippen LogP contribution in [-0.4, -0.2) is 28.4 Å². The number of nitrogen functional groups attached to an aromatic ring is 1. The molecule has 0 aromatic carbocycles. The predicted octanol–water partition coefficient (Wildman–Crippen LogP) is 1.35. The first kappa shape index (κ1) is 16.2. The summed E-state index contributed by atoms with van der Waals surface area (Å²) in [5, 5.41) is 5.53. The molecule has 110 valence electrons. The Bertz CT molecular complexity index is 526. The number of nitrogens with zero attached hydrogens (tertiary/aromatic N) is 1. The van der Waals surface area contributed by atoms with E-state index < -0.39 is 11.9 Å². The molecule has 1 aromatic rings. The van der Waals surface area contributed by atoms with E-state index in [9.17, 15) is 9.59 Å². The van der Waals surface area contributed by atoms with Gasteiger partial charge < -0.3 is 16.4 Å². The zero-order valence-corrected chi connectivity index (χ0v) is 12.7. The van der Waals surface area contributed by atoms with Gasteiger partial charge in [0.05, 0.1) is 10.6 Å². The number of hydrogen-bond acceptors (Lipinski definition) is 4. The fourth-order valence-corrected chi connectivity index (χ4v) is 1.64. The van der Waals surface area contributed by atoms with Crippen molar-refractivity contribution < 1.29 is 9.59 Å². The highest BCUT2D eigenvalue weighted by Crippen LogP contribution is 2.16. The fraction of sp³-hybridized carbons (Fsp3) is 0.462. The largest absolute Gasteiger partial charge is 0.384 e. The molecule has 1 atom stereocenters. The highest BCUT2D eigenvalue weighted by Gasteiger charge is 2.22. The summed E-state index contributed by atoms with van der Waals surface area (Å²) in [7, 11) is 0. The zero-order chi connectivity index (χ0) is 15.5. The van der Waals surface area contributed by atoms with Gasteiger partial charge in [-0.25, -0.2) is 4.98 Å². The van der Waals surface area contributed by atoms with Gasteiger partial charge in [0.25, 0.3) is 5.91 Å². The van der Waals surface area contributed by atoms with Crippen molar-refractivity contribution in [3.63, 3.8) is 0 Å². The molecule has 0 saturated carbocycles. The third kappa shape index (κ3) is 4.70. The lowest BCUT2D eigenvalue weighted by Crippen LogP contribution is -2.50. The molecule has 7 heteroatoms. The summed E-state index contributed by atoms with van der Waals surface area (Å²) in [5.74, 6) is -0.559. The van der Waals surface area contributed by atoms with Gasteiger partial charge in [-0.15, -0.1) is 0 Å². The molecule has 0 spiro atoms. The summed E-state index contributed by atoms with van der Waals surface area (Å²) in [5.41, 5.74) is 5.33. The molecule has 1 heterocycles. The minimum atomic E-state index is -0.688. The van der Waals surface area contributed by atoms with Crippen LogP contribution >= 0.6 is 11.6 Å². The molecule has 1 aromatic heterocycles. The van der Waals surface area contributed by atoms with Crippen LogP contribution in [0.4, 0.5) is 5.82 Å². The molecule has 0 radical (unpaired) electrons. The Hall–Kier alpha value is -1.82. The van der Waals surface area contributed by atoms with Gasteiger partial charge in [0.1, 0.15) is 11.9 Å². The smallest absolute Gasteiger partial charge is 0.253 e. The number of rotatable bonds is 3. The van der Waals surface area contributed by atoms with Crippen LogP contribution in [0.25, 0.3) is 0 Å². The number of aromatic nitrogens is 1. The molecule has 0 aliphatic heterocycles. The number of pyridine rings is 1. The molecular formula is C13H19ClN4O2. The highest BCUT2D eigenvalue weighted by atomic mass is 35.5. The van der Waals surface area contributed by atoms with Gasteiger partial charge in [-0.1, -0.05) is 11.6 Å². The van der Waals surface area contributed by atoms with Gasteiger partial charge in [-0.3, -0.25) is 9.59 Å². The van der Waals surface area contributed by atoms with Crippen molar-refractivity contribution in [1.29, 1.82) is 0 Å². The van der Waals surface area contributed by atoms with Crippen molar-refractivity contribution in [2.75, 3.05) is 5.73 Å². The summed E-state index contributed by atoms with van der Waals surface area (Å²) in [6.45, 7) is 7.18. The molecule has 20 heavy (non-hydrogen) atoms. The average Bonchev–Trinajstić information content (AvgIpc) is 2.29. The van der Waals surface area contributed by atoms with E-state index in [4.69, 9.17) is 17.3 Å². The maximum absolute atomic E-state index is 12.0. The van der Waals surface area contributed by atoms with E-state index in [2.05, 4.69) is 15.6 Å². The number of hydrogen-bond donors (Lipinski definition) is 3. The third-order valence-corrected chi connectivity index (χ3v) is 2.66. The van der Waals surface area contributed by atoms with E-state index in [1.807, 2.05) is 20.8 Å². The number of nitrogens with two attached hydrogens (primary N) is 1. The molecular weight excluding hydrogens is 280 g/mol. The first-order chi connectivity index (χ1) is 9.10. The quantitative estimate of drug-likeness (QED) is 0.784. The second kappa shape index (κ2) is 6.09. The van der Waals surface area contributed by atoms with E-state index >= 15 is 0 Å². The third-order valence-electron chi connectivity index (χ3n) is 2.36. The second-order valence-electron chi connectivity index (χ2n) is 5.52. The van der Waals surface area contributed by atoms with E-state index in [0.29, 0.717) is 0 Å². The van der Waals surface area contributed by atoms with Crippen LogP contribution in [0.2, 0.25) is 5.02 Å². The molecule has 1 rings (SSSR count). The number of nitrogens with one attached hydrogen (secondary N) is 2. The Morgan fingerprint density at radius 3 is 2.55 bits per heavy atom. The summed E-state index contributed by atoms with van der Waals surface area (Å²) >= 11 is 5.88. The molecule has 0 bridgehead atoms. The topological polar surface area (TPSA) is 97.1 Å². The minimum Gasteiger partial charge on any atom is -0.384 e. The van der Waals surface area contributed by atoms with Crippen molar-refractivity contribution in [2.24, 2.45) is 0 Å². The maximum Gasteiger partial charge on any atom is 0.253 e. The first-order valence-electron chi connectivity index (χ1n) is 6.14. The van der Waals surface area contributed by atoms with Crippen molar-refractivity contribution in [3.05, 3.63) is 22.8 Å². The summed E-state index contributed by atoms with van der Waals surface area (Å²) in [4.78, 5) is 27.7. The van der Waals surface area contributed by atoms with Crippen LogP contribution in [0.15, 0.2) is 12.3 Å². The monoisotopic (exact) mass is 298 g/mol. The molecule has 0 saturated heterocycles. The standard InChI is InChI=1S/C13H19ClN4O2/c1-7(11(19)18-13(2,3)4)17-12(20)8-5-10(15)16-6-9(8)14/h5-7H,1-4H3,(H2,15,16)(H,17,20)(H,18,19). The SMILES string of the molecule is CC(NC(=O)c1cc(N)ncc1Cl)C(=O)NC(C)(C)C.